The minimum atomic E-state index is -0.428. The van der Waals surface area contributed by atoms with E-state index in [0.717, 1.165) is 41.2 Å². The number of piperidine rings is 1. The molecule has 0 saturated carbocycles. The number of aliphatic hydroxyl groups is 1. The summed E-state index contributed by atoms with van der Waals surface area (Å²) in [6.45, 7) is 3.47. The lowest BCUT2D eigenvalue weighted by Gasteiger charge is -2.34. The van der Waals surface area contributed by atoms with E-state index in [-0.39, 0.29) is 11.8 Å². The molecule has 1 amide bonds. The fourth-order valence-electron chi connectivity index (χ4n) is 3.05. The van der Waals surface area contributed by atoms with Crippen LogP contribution >= 0.6 is 11.3 Å². The van der Waals surface area contributed by atoms with Crippen molar-refractivity contribution in [2.45, 2.75) is 25.9 Å². The molecule has 3 nitrogen and oxygen atoms in total. The summed E-state index contributed by atoms with van der Waals surface area (Å²) < 4.78 is 0. The molecule has 1 aliphatic rings. The SMILES string of the molecule is Cc1ccc(C(=O)N2CCC([C@@H](O)c3ccccc3)CC2)s1. The Hall–Kier alpha value is -1.65. The molecule has 1 atom stereocenters. The predicted molar refractivity (Wildman–Crippen MR) is 89.1 cm³/mol. The van der Waals surface area contributed by atoms with Crippen LogP contribution in [0.3, 0.4) is 0 Å². The maximum atomic E-state index is 12.4. The summed E-state index contributed by atoms with van der Waals surface area (Å²) in [6.07, 6.45) is 1.28. The second kappa shape index (κ2) is 6.63. The Bertz CT molecular complexity index is 630. The Kier molecular flexibility index (Phi) is 4.60. The smallest absolute Gasteiger partial charge is 0.263 e. The van der Waals surface area contributed by atoms with Crippen molar-refractivity contribution in [2.24, 2.45) is 5.92 Å². The van der Waals surface area contributed by atoms with E-state index in [4.69, 9.17) is 0 Å². The zero-order chi connectivity index (χ0) is 15.5. The summed E-state index contributed by atoms with van der Waals surface area (Å²) in [4.78, 5) is 16.3. The normalized spacial score (nSPS) is 17.5. The summed E-state index contributed by atoms with van der Waals surface area (Å²) in [5.74, 6) is 0.363. The lowest BCUT2D eigenvalue weighted by Crippen LogP contribution is -2.39. The summed E-state index contributed by atoms with van der Waals surface area (Å²) in [7, 11) is 0. The molecular weight excluding hydrogens is 294 g/mol. The highest BCUT2D eigenvalue weighted by Crippen LogP contribution is 2.31. The zero-order valence-electron chi connectivity index (χ0n) is 12.7. The number of rotatable bonds is 3. The maximum absolute atomic E-state index is 12.4. The number of carbonyl (C=O) groups excluding carboxylic acids is 1. The number of hydrogen-bond donors (Lipinski definition) is 1. The average molecular weight is 315 g/mol. The van der Waals surface area contributed by atoms with Crippen LogP contribution in [-0.4, -0.2) is 29.0 Å². The van der Waals surface area contributed by atoms with Crippen LogP contribution < -0.4 is 0 Å². The largest absolute Gasteiger partial charge is 0.388 e. The van der Waals surface area contributed by atoms with E-state index in [1.165, 1.54) is 0 Å². The number of nitrogens with zero attached hydrogens (tertiary/aromatic N) is 1. The van der Waals surface area contributed by atoms with Crippen molar-refractivity contribution in [1.82, 2.24) is 4.90 Å². The van der Waals surface area contributed by atoms with Crippen LogP contribution in [0.25, 0.3) is 0 Å². The van der Waals surface area contributed by atoms with E-state index in [1.807, 2.05) is 54.3 Å². The van der Waals surface area contributed by atoms with E-state index < -0.39 is 6.10 Å². The Morgan fingerprint density at radius 3 is 2.45 bits per heavy atom. The first-order valence-electron chi connectivity index (χ1n) is 7.74. The summed E-state index contributed by atoms with van der Waals surface area (Å²) in [6, 6.07) is 13.7. The van der Waals surface area contributed by atoms with Crippen molar-refractivity contribution in [3.05, 3.63) is 57.8 Å². The van der Waals surface area contributed by atoms with Gasteiger partial charge in [0, 0.05) is 18.0 Å². The lowest BCUT2D eigenvalue weighted by molar-refractivity contribution is 0.0465. The van der Waals surface area contributed by atoms with Gasteiger partial charge in [0.25, 0.3) is 5.91 Å². The number of likely N-dealkylation sites (tertiary alicyclic amines) is 1. The number of benzene rings is 1. The second-order valence-electron chi connectivity index (χ2n) is 5.90. The monoisotopic (exact) mass is 315 g/mol. The first-order valence-corrected chi connectivity index (χ1v) is 8.55. The van der Waals surface area contributed by atoms with Crippen molar-refractivity contribution < 1.29 is 9.90 Å². The van der Waals surface area contributed by atoms with Gasteiger partial charge >= 0.3 is 0 Å². The molecular formula is C18H21NO2S. The molecule has 3 rings (SSSR count). The van der Waals surface area contributed by atoms with E-state index in [1.54, 1.807) is 11.3 Å². The highest BCUT2D eigenvalue weighted by Gasteiger charge is 2.28. The van der Waals surface area contributed by atoms with Gasteiger partial charge in [-0.3, -0.25) is 4.79 Å². The molecule has 1 fully saturated rings. The molecule has 22 heavy (non-hydrogen) atoms. The first kappa shape index (κ1) is 15.3. The molecule has 1 aromatic carbocycles. The molecule has 1 saturated heterocycles. The minimum absolute atomic E-state index is 0.130. The van der Waals surface area contributed by atoms with Gasteiger partial charge in [-0.15, -0.1) is 11.3 Å². The van der Waals surface area contributed by atoms with Gasteiger partial charge in [0.15, 0.2) is 0 Å². The van der Waals surface area contributed by atoms with Crippen molar-refractivity contribution in [3.63, 3.8) is 0 Å². The Labute approximate surface area is 135 Å². The average Bonchev–Trinajstić information content (AvgIpc) is 3.01. The van der Waals surface area contributed by atoms with Gasteiger partial charge in [-0.1, -0.05) is 30.3 Å². The fourth-order valence-corrected chi connectivity index (χ4v) is 3.88. The predicted octanol–water partition coefficient (Wildman–Crippen LogP) is 3.64. The fraction of sp³-hybridized carbons (Fsp3) is 0.389. The zero-order valence-corrected chi connectivity index (χ0v) is 13.6. The van der Waals surface area contributed by atoms with Crippen molar-refractivity contribution >= 4 is 17.2 Å². The van der Waals surface area contributed by atoms with Crippen LogP contribution in [0.15, 0.2) is 42.5 Å². The van der Waals surface area contributed by atoms with E-state index in [9.17, 15) is 9.90 Å². The third-order valence-corrected chi connectivity index (χ3v) is 5.35. The molecule has 116 valence electrons. The maximum Gasteiger partial charge on any atom is 0.263 e. The number of aliphatic hydroxyl groups excluding tert-OH is 1. The molecule has 2 heterocycles. The van der Waals surface area contributed by atoms with Crippen LogP contribution in [0.1, 0.15) is 39.1 Å². The van der Waals surface area contributed by atoms with Crippen molar-refractivity contribution in [3.8, 4) is 0 Å². The third kappa shape index (κ3) is 3.23. The van der Waals surface area contributed by atoms with Gasteiger partial charge in [0.05, 0.1) is 11.0 Å². The van der Waals surface area contributed by atoms with Crippen LogP contribution in [-0.2, 0) is 0 Å². The highest BCUT2D eigenvalue weighted by molar-refractivity contribution is 7.13. The minimum Gasteiger partial charge on any atom is -0.388 e. The van der Waals surface area contributed by atoms with E-state index in [2.05, 4.69) is 0 Å². The van der Waals surface area contributed by atoms with Gasteiger partial charge in [0.2, 0.25) is 0 Å². The van der Waals surface area contributed by atoms with Gasteiger partial charge in [0.1, 0.15) is 0 Å². The number of carbonyl (C=O) groups is 1. The number of thiophene rings is 1. The molecule has 4 heteroatoms. The molecule has 1 aromatic heterocycles. The molecule has 0 radical (unpaired) electrons. The number of hydrogen-bond acceptors (Lipinski definition) is 3. The van der Waals surface area contributed by atoms with Crippen LogP contribution in [0.5, 0.6) is 0 Å². The van der Waals surface area contributed by atoms with Gasteiger partial charge in [-0.25, -0.2) is 0 Å². The van der Waals surface area contributed by atoms with E-state index >= 15 is 0 Å². The van der Waals surface area contributed by atoms with Crippen LogP contribution in [0.2, 0.25) is 0 Å². The standard InChI is InChI=1S/C18H21NO2S/c1-13-7-8-16(22-13)18(21)19-11-9-15(10-12-19)17(20)14-5-3-2-4-6-14/h2-8,15,17,20H,9-12H2,1H3/t17-/m0/s1. The molecule has 1 N–H and O–H groups in total. The van der Waals surface area contributed by atoms with Crippen molar-refractivity contribution in [1.29, 1.82) is 0 Å². The first-order chi connectivity index (χ1) is 10.6. The highest BCUT2D eigenvalue weighted by atomic mass is 32.1. The quantitative estimate of drug-likeness (QED) is 0.939. The second-order valence-corrected chi connectivity index (χ2v) is 7.18. The molecule has 1 aliphatic heterocycles. The van der Waals surface area contributed by atoms with Crippen molar-refractivity contribution in [2.75, 3.05) is 13.1 Å². The Morgan fingerprint density at radius 2 is 1.86 bits per heavy atom. The topological polar surface area (TPSA) is 40.5 Å². The number of aryl methyl sites for hydroxylation is 1. The van der Waals surface area contributed by atoms with Crippen LogP contribution in [0.4, 0.5) is 0 Å². The van der Waals surface area contributed by atoms with Gasteiger partial charge < -0.3 is 10.0 Å². The molecule has 0 unspecified atom stereocenters. The third-order valence-electron chi connectivity index (χ3n) is 4.37. The van der Waals surface area contributed by atoms with Gasteiger partial charge in [-0.05, 0) is 43.4 Å². The Morgan fingerprint density at radius 1 is 1.18 bits per heavy atom. The lowest BCUT2D eigenvalue weighted by atomic mass is 9.87. The van der Waals surface area contributed by atoms with Crippen LogP contribution in [0, 0.1) is 12.8 Å². The molecule has 0 bridgehead atoms. The summed E-state index contributed by atoms with van der Waals surface area (Å²) in [5.41, 5.74) is 0.973. The van der Waals surface area contributed by atoms with Gasteiger partial charge in [-0.2, -0.15) is 0 Å². The molecule has 0 aliphatic carbocycles. The summed E-state index contributed by atoms with van der Waals surface area (Å²) in [5, 5.41) is 10.5. The molecule has 2 aromatic rings. The summed E-state index contributed by atoms with van der Waals surface area (Å²) >= 11 is 1.55. The Balaban J connectivity index is 1.59. The number of amides is 1. The van der Waals surface area contributed by atoms with E-state index in [0.29, 0.717) is 0 Å². The molecule has 0 spiro atoms.